The predicted molar refractivity (Wildman–Crippen MR) is 64.6 cm³/mol. The zero-order valence-corrected chi connectivity index (χ0v) is 9.73. The Balaban J connectivity index is 2.77. The Morgan fingerprint density at radius 2 is 2.00 bits per heavy atom. The summed E-state index contributed by atoms with van der Waals surface area (Å²) in [6.45, 7) is 3.73. The van der Waals surface area contributed by atoms with Crippen LogP contribution in [0.5, 0.6) is 0 Å². The van der Waals surface area contributed by atoms with Crippen LogP contribution in [0.1, 0.15) is 17.9 Å². The van der Waals surface area contributed by atoms with Crippen molar-refractivity contribution in [1.29, 1.82) is 0 Å². The number of halogens is 1. The molecule has 0 spiro atoms. The lowest BCUT2D eigenvalue weighted by Crippen LogP contribution is -2.27. The fraction of sp³-hybridized carbons (Fsp3) is 0.231. The van der Waals surface area contributed by atoms with Crippen molar-refractivity contribution in [2.75, 3.05) is 6.54 Å². The summed E-state index contributed by atoms with van der Waals surface area (Å²) < 4.78 is 12.7. The molecule has 2 N–H and O–H groups in total. The zero-order valence-electron chi connectivity index (χ0n) is 9.73. The summed E-state index contributed by atoms with van der Waals surface area (Å²) >= 11 is 0. The molecule has 1 amide bonds. The summed E-state index contributed by atoms with van der Waals surface area (Å²) in [6.07, 6.45) is 1.32. The van der Waals surface area contributed by atoms with Crippen molar-refractivity contribution in [2.45, 2.75) is 12.3 Å². The highest BCUT2D eigenvalue weighted by Gasteiger charge is 2.22. The molecule has 1 rings (SSSR count). The normalized spacial score (nSPS) is 11.6. The summed E-state index contributed by atoms with van der Waals surface area (Å²) in [6, 6.07) is 5.09. The minimum Gasteiger partial charge on any atom is -0.481 e. The van der Waals surface area contributed by atoms with Crippen LogP contribution in [0, 0.1) is 5.82 Å². The molecule has 0 aliphatic carbocycles. The molecule has 18 heavy (non-hydrogen) atoms. The molecule has 4 nitrogen and oxygen atoms in total. The van der Waals surface area contributed by atoms with Gasteiger partial charge in [-0.3, -0.25) is 9.59 Å². The maximum Gasteiger partial charge on any atom is 0.311 e. The van der Waals surface area contributed by atoms with Gasteiger partial charge in [0.2, 0.25) is 5.91 Å². The van der Waals surface area contributed by atoms with Crippen LogP contribution in [-0.2, 0) is 9.59 Å². The van der Waals surface area contributed by atoms with Gasteiger partial charge in [-0.1, -0.05) is 18.2 Å². The van der Waals surface area contributed by atoms with Crippen LogP contribution in [0.2, 0.25) is 0 Å². The van der Waals surface area contributed by atoms with Crippen molar-refractivity contribution >= 4 is 11.9 Å². The lowest BCUT2D eigenvalue weighted by molar-refractivity contribution is -0.140. The third-order valence-corrected chi connectivity index (χ3v) is 2.40. The Morgan fingerprint density at radius 1 is 1.39 bits per heavy atom. The molecule has 0 heterocycles. The number of amides is 1. The molecule has 0 bridgehead atoms. The smallest absolute Gasteiger partial charge is 0.311 e. The summed E-state index contributed by atoms with van der Waals surface area (Å²) in [5.41, 5.74) is 0.401. The van der Waals surface area contributed by atoms with Crippen LogP contribution in [0.3, 0.4) is 0 Å². The van der Waals surface area contributed by atoms with Gasteiger partial charge in [0, 0.05) is 13.0 Å². The predicted octanol–water partition coefficient (Wildman–Crippen LogP) is 1.69. The minimum atomic E-state index is -1.12. The molecule has 0 aliphatic heterocycles. The van der Waals surface area contributed by atoms with E-state index < -0.39 is 17.7 Å². The number of carboxylic acids is 1. The number of aliphatic carboxylic acids is 1. The lowest BCUT2D eigenvalue weighted by Gasteiger charge is -2.12. The fourth-order valence-corrected chi connectivity index (χ4v) is 1.49. The standard InChI is InChI=1S/C13H14FNO3/c1-2-7-15-12(16)8-11(13(17)18)9-3-5-10(14)6-4-9/h2-6,11H,1,7-8H2,(H,15,16)(H,17,18). The van der Waals surface area contributed by atoms with Gasteiger partial charge in [-0.25, -0.2) is 4.39 Å². The molecule has 0 aliphatic rings. The molecule has 0 aromatic heterocycles. The van der Waals surface area contributed by atoms with E-state index in [1.165, 1.54) is 30.3 Å². The summed E-state index contributed by atoms with van der Waals surface area (Å²) in [5, 5.41) is 11.6. The average Bonchev–Trinajstić information content (AvgIpc) is 2.34. The molecule has 0 saturated carbocycles. The van der Waals surface area contributed by atoms with Gasteiger partial charge in [0.1, 0.15) is 5.82 Å². The first-order valence-corrected chi connectivity index (χ1v) is 5.40. The van der Waals surface area contributed by atoms with Gasteiger partial charge in [-0.2, -0.15) is 0 Å². The maximum atomic E-state index is 12.7. The topological polar surface area (TPSA) is 66.4 Å². The molecule has 1 aromatic rings. The van der Waals surface area contributed by atoms with Gasteiger partial charge in [-0.05, 0) is 17.7 Å². The van der Waals surface area contributed by atoms with Gasteiger partial charge >= 0.3 is 5.97 Å². The second-order valence-electron chi connectivity index (χ2n) is 3.74. The number of nitrogens with one attached hydrogen (secondary N) is 1. The minimum absolute atomic E-state index is 0.186. The van der Waals surface area contributed by atoms with Crippen LogP contribution in [0.15, 0.2) is 36.9 Å². The van der Waals surface area contributed by atoms with Gasteiger partial charge in [0.15, 0.2) is 0 Å². The number of rotatable bonds is 6. The van der Waals surface area contributed by atoms with E-state index in [1.54, 1.807) is 0 Å². The first-order valence-electron chi connectivity index (χ1n) is 5.40. The molecule has 0 radical (unpaired) electrons. The van der Waals surface area contributed by atoms with Crippen molar-refractivity contribution < 1.29 is 19.1 Å². The van der Waals surface area contributed by atoms with Crippen LogP contribution < -0.4 is 5.32 Å². The molecule has 5 heteroatoms. The van der Waals surface area contributed by atoms with Crippen LogP contribution in [0.25, 0.3) is 0 Å². The second-order valence-corrected chi connectivity index (χ2v) is 3.74. The molecule has 1 atom stereocenters. The molecule has 1 aromatic carbocycles. The Hall–Kier alpha value is -2.17. The van der Waals surface area contributed by atoms with E-state index in [0.29, 0.717) is 5.56 Å². The SMILES string of the molecule is C=CCNC(=O)CC(C(=O)O)c1ccc(F)cc1. The van der Waals surface area contributed by atoms with E-state index in [1.807, 2.05) is 0 Å². The van der Waals surface area contributed by atoms with Crippen molar-refractivity contribution in [1.82, 2.24) is 5.32 Å². The van der Waals surface area contributed by atoms with Crippen LogP contribution in [-0.4, -0.2) is 23.5 Å². The highest BCUT2D eigenvalue weighted by atomic mass is 19.1. The average molecular weight is 251 g/mol. The molecule has 1 unspecified atom stereocenters. The highest BCUT2D eigenvalue weighted by Crippen LogP contribution is 2.20. The number of carbonyl (C=O) groups excluding carboxylic acids is 1. The number of carboxylic acid groups (broad SMARTS) is 1. The van der Waals surface area contributed by atoms with Gasteiger partial charge in [0.05, 0.1) is 5.92 Å². The summed E-state index contributed by atoms with van der Waals surface area (Å²) in [4.78, 5) is 22.6. The maximum absolute atomic E-state index is 12.7. The van der Waals surface area contributed by atoms with E-state index in [-0.39, 0.29) is 18.9 Å². The molecule has 96 valence electrons. The van der Waals surface area contributed by atoms with Crippen molar-refractivity contribution in [2.24, 2.45) is 0 Å². The molecule has 0 saturated heterocycles. The van der Waals surface area contributed by atoms with Crippen LogP contribution >= 0.6 is 0 Å². The Morgan fingerprint density at radius 3 is 2.50 bits per heavy atom. The lowest BCUT2D eigenvalue weighted by atomic mass is 9.95. The number of hydrogen-bond acceptors (Lipinski definition) is 2. The summed E-state index contributed by atoms with van der Waals surface area (Å²) in [5.74, 6) is -2.92. The van der Waals surface area contributed by atoms with Crippen molar-refractivity contribution in [3.8, 4) is 0 Å². The Kier molecular flexibility index (Phi) is 5.05. The van der Waals surface area contributed by atoms with Gasteiger partial charge < -0.3 is 10.4 Å². The highest BCUT2D eigenvalue weighted by molar-refractivity contribution is 5.85. The number of benzene rings is 1. The largest absolute Gasteiger partial charge is 0.481 e. The van der Waals surface area contributed by atoms with E-state index in [2.05, 4.69) is 11.9 Å². The van der Waals surface area contributed by atoms with Crippen molar-refractivity contribution in [3.05, 3.63) is 48.3 Å². The Labute approximate surface area is 104 Å². The quantitative estimate of drug-likeness (QED) is 0.756. The van der Waals surface area contributed by atoms with E-state index in [9.17, 15) is 14.0 Å². The fourth-order valence-electron chi connectivity index (χ4n) is 1.49. The van der Waals surface area contributed by atoms with E-state index in [0.717, 1.165) is 0 Å². The van der Waals surface area contributed by atoms with Crippen molar-refractivity contribution in [3.63, 3.8) is 0 Å². The first kappa shape index (κ1) is 13.9. The van der Waals surface area contributed by atoms with E-state index in [4.69, 9.17) is 5.11 Å². The summed E-state index contributed by atoms with van der Waals surface area (Å²) in [7, 11) is 0. The first-order chi connectivity index (χ1) is 8.54. The zero-order chi connectivity index (χ0) is 13.5. The molecule has 0 fully saturated rings. The van der Waals surface area contributed by atoms with Crippen LogP contribution in [0.4, 0.5) is 4.39 Å². The third-order valence-electron chi connectivity index (χ3n) is 2.40. The molecular weight excluding hydrogens is 237 g/mol. The number of hydrogen-bond donors (Lipinski definition) is 2. The monoisotopic (exact) mass is 251 g/mol. The van der Waals surface area contributed by atoms with Gasteiger partial charge in [0.25, 0.3) is 0 Å². The van der Waals surface area contributed by atoms with E-state index >= 15 is 0 Å². The number of carbonyl (C=O) groups is 2. The van der Waals surface area contributed by atoms with Gasteiger partial charge in [-0.15, -0.1) is 6.58 Å². The molecular formula is C13H14FNO3. The Bertz CT molecular complexity index is 442. The second kappa shape index (κ2) is 6.54. The third kappa shape index (κ3) is 4.01.